The number of aromatic nitrogens is 1. The summed E-state index contributed by atoms with van der Waals surface area (Å²) >= 11 is 7.35. The average molecular weight is 304 g/mol. The number of hydrogen-bond donors (Lipinski definition) is 1. The maximum absolute atomic E-state index is 5.86. The standard InChI is InChI=1S/C14H10ClN3OS/c15-11-5-3-10(4-6-11)13-9-20-14(17-13)18-16-8-12-2-1-7-19-12/h1-9H,(H,17,18)/b16-8-. The number of halogens is 1. The maximum atomic E-state index is 5.86. The first-order valence-corrected chi connectivity index (χ1v) is 7.11. The second-order valence-corrected chi connectivity index (χ2v) is 5.22. The molecule has 0 fully saturated rings. The summed E-state index contributed by atoms with van der Waals surface area (Å²) in [6.45, 7) is 0. The molecule has 0 aliphatic carbocycles. The van der Waals surface area contributed by atoms with Crippen molar-refractivity contribution in [3.05, 3.63) is 58.8 Å². The third-order valence-corrected chi connectivity index (χ3v) is 3.54. The van der Waals surface area contributed by atoms with E-state index in [2.05, 4.69) is 15.5 Å². The van der Waals surface area contributed by atoms with Crippen molar-refractivity contribution in [2.24, 2.45) is 5.10 Å². The van der Waals surface area contributed by atoms with E-state index >= 15 is 0 Å². The van der Waals surface area contributed by atoms with Crippen LogP contribution in [0.5, 0.6) is 0 Å². The highest BCUT2D eigenvalue weighted by molar-refractivity contribution is 7.14. The zero-order valence-corrected chi connectivity index (χ0v) is 11.9. The molecule has 3 aromatic rings. The van der Waals surface area contributed by atoms with Gasteiger partial charge in [0, 0.05) is 16.0 Å². The molecule has 0 saturated carbocycles. The summed E-state index contributed by atoms with van der Waals surface area (Å²) in [6, 6.07) is 11.2. The van der Waals surface area contributed by atoms with Gasteiger partial charge in [0.15, 0.2) is 0 Å². The van der Waals surface area contributed by atoms with Gasteiger partial charge in [-0.15, -0.1) is 11.3 Å². The fraction of sp³-hybridized carbons (Fsp3) is 0. The average Bonchev–Trinajstić information content (AvgIpc) is 3.11. The Morgan fingerprint density at radius 1 is 1.25 bits per heavy atom. The van der Waals surface area contributed by atoms with Gasteiger partial charge in [-0.25, -0.2) is 4.98 Å². The molecule has 2 heterocycles. The molecule has 0 radical (unpaired) electrons. The molecule has 4 nitrogen and oxygen atoms in total. The molecule has 0 unspecified atom stereocenters. The summed E-state index contributed by atoms with van der Waals surface area (Å²) in [7, 11) is 0. The lowest BCUT2D eigenvalue weighted by atomic mass is 10.2. The Bertz CT molecular complexity index is 704. The Morgan fingerprint density at radius 3 is 2.85 bits per heavy atom. The molecule has 0 aliphatic rings. The van der Waals surface area contributed by atoms with Crippen molar-refractivity contribution in [2.75, 3.05) is 5.43 Å². The molecule has 100 valence electrons. The minimum Gasteiger partial charge on any atom is -0.463 e. The lowest BCUT2D eigenvalue weighted by molar-refractivity contribution is 0.560. The van der Waals surface area contributed by atoms with Crippen molar-refractivity contribution < 1.29 is 4.42 Å². The first-order valence-electron chi connectivity index (χ1n) is 5.85. The van der Waals surface area contributed by atoms with Gasteiger partial charge in [-0.3, -0.25) is 5.43 Å². The number of anilines is 1. The molecule has 0 atom stereocenters. The summed E-state index contributed by atoms with van der Waals surface area (Å²) in [4.78, 5) is 4.45. The van der Waals surface area contributed by atoms with E-state index in [1.807, 2.05) is 41.8 Å². The van der Waals surface area contributed by atoms with E-state index in [0.29, 0.717) is 10.8 Å². The molecule has 6 heteroatoms. The predicted octanol–water partition coefficient (Wildman–Crippen LogP) is 4.50. The normalized spacial score (nSPS) is 11.1. The van der Waals surface area contributed by atoms with Crippen molar-refractivity contribution in [1.29, 1.82) is 0 Å². The van der Waals surface area contributed by atoms with Gasteiger partial charge >= 0.3 is 0 Å². The van der Waals surface area contributed by atoms with Gasteiger partial charge in [0.25, 0.3) is 0 Å². The van der Waals surface area contributed by atoms with Crippen LogP contribution in [0, 0.1) is 0 Å². The van der Waals surface area contributed by atoms with E-state index < -0.39 is 0 Å². The summed E-state index contributed by atoms with van der Waals surface area (Å²) in [6.07, 6.45) is 3.20. The number of thiazole rings is 1. The van der Waals surface area contributed by atoms with Crippen molar-refractivity contribution in [3.63, 3.8) is 0 Å². The highest BCUT2D eigenvalue weighted by Gasteiger charge is 2.03. The highest BCUT2D eigenvalue weighted by Crippen LogP contribution is 2.25. The van der Waals surface area contributed by atoms with Crippen LogP contribution >= 0.6 is 22.9 Å². The topological polar surface area (TPSA) is 50.4 Å². The molecule has 1 N–H and O–H groups in total. The quantitative estimate of drug-likeness (QED) is 0.570. The van der Waals surface area contributed by atoms with E-state index in [1.165, 1.54) is 11.3 Å². The first kappa shape index (κ1) is 12.9. The number of hydrazone groups is 1. The van der Waals surface area contributed by atoms with Gasteiger partial charge in [-0.05, 0) is 24.3 Å². The van der Waals surface area contributed by atoms with Crippen LogP contribution in [-0.4, -0.2) is 11.2 Å². The van der Waals surface area contributed by atoms with Gasteiger partial charge < -0.3 is 4.42 Å². The van der Waals surface area contributed by atoms with Gasteiger partial charge in [0.1, 0.15) is 5.76 Å². The third kappa shape index (κ3) is 3.07. The second kappa shape index (κ2) is 5.90. The van der Waals surface area contributed by atoms with Crippen molar-refractivity contribution >= 4 is 34.3 Å². The Morgan fingerprint density at radius 2 is 2.10 bits per heavy atom. The molecule has 0 amide bonds. The minimum absolute atomic E-state index is 0.687. The van der Waals surface area contributed by atoms with Crippen molar-refractivity contribution in [3.8, 4) is 11.3 Å². The van der Waals surface area contributed by atoms with Crippen LogP contribution in [-0.2, 0) is 0 Å². The predicted molar refractivity (Wildman–Crippen MR) is 82.5 cm³/mol. The first-order chi connectivity index (χ1) is 9.81. The molecule has 1 aromatic carbocycles. The van der Waals surface area contributed by atoms with Gasteiger partial charge in [0.05, 0.1) is 18.2 Å². The summed E-state index contributed by atoms with van der Waals surface area (Å²) in [5, 5.41) is 7.46. The van der Waals surface area contributed by atoms with Crippen LogP contribution in [0.3, 0.4) is 0 Å². The molecule has 0 aliphatic heterocycles. The number of nitrogens with one attached hydrogen (secondary N) is 1. The van der Waals surface area contributed by atoms with Gasteiger partial charge in [0.2, 0.25) is 5.13 Å². The highest BCUT2D eigenvalue weighted by atomic mass is 35.5. The van der Waals surface area contributed by atoms with Crippen LogP contribution in [0.1, 0.15) is 5.76 Å². The van der Waals surface area contributed by atoms with Crippen LogP contribution in [0.15, 0.2) is 57.6 Å². The van der Waals surface area contributed by atoms with E-state index in [9.17, 15) is 0 Å². The molecule has 0 spiro atoms. The van der Waals surface area contributed by atoms with Crippen LogP contribution < -0.4 is 5.43 Å². The SMILES string of the molecule is Clc1ccc(-c2csc(N/N=C\c3ccco3)n2)cc1. The number of rotatable bonds is 4. The zero-order chi connectivity index (χ0) is 13.8. The molecular formula is C14H10ClN3OS. The molecule has 0 bridgehead atoms. The Kier molecular flexibility index (Phi) is 3.80. The minimum atomic E-state index is 0.687. The lowest BCUT2D eigenvalue weighted by Crippen LogP contribution is -1.89. The van der Waals surface area contributed by atoms with E-state index in [-0.39, 0.29) is 0 Å². The molecule has 2 aromatic heterocycles. The van der Waals surface area contributed by atoms with Gasteiger partial charge in [-0.1, -0.05) is 23.7 Å². The number of nitrogens with zero attached hydrogens (tertiary/aromatic N) is 2. The zero-order valence-electron chi connectivity index (χ0n) is 10.3. The third-order valence-electron chi connectivity index (χ3n) is 2.54. The van der Waals surface area contributed by atoms with E-state index in [1.54, 1.807) is 12.5 Å². The summed E-state index contributed by atoms with van der Waals surface area (Å²) in [5.74, 6) is 0.687. The Labute approximate surface area is 124 Å². The van der Waals surface area contributed by atoms with E-state index in [4.69, 9.17) is 16.0 Å². The molecular weight excluding hydrogens is 294 g/mol. The van der Waals surface area contributed by atoms with Crippen molar-refractivity contribution in [1.82, 2.24) is 4.98 Å². The monoisotopic (exact) mass is 303 g/mol. The Balaban J connectivity index is 1.69. The molecule has 3 rings (SSSR count). The Hall–Kier alpha value is -2.11. The lowest BCUT2D eigenvalue weighted by Gasteiger charge is -1.96. The maximum Gasteiger partial charge on any atom is 0.203 e. The summed E-state index contributed by atoms with van der Waals surface area (Å²) < 4.78 is 5.14. The summed E-state index contributed by atoms with van der Waals surface area (Å²) in [5.41, 5.74) is 4.79. The van der Waals surface area contributed by atoms with Crippen molar-refractivity contribution in [2.45, 2.75) is 0 Å². The number of benzene rings is 1. The van der Waals surface area contributed by atoms with Crippen LogP contribution in [0.25, 0.3) is 11.3 Å². The van der Waals surface area contributed by atoms with Crippen LogP contribution in [0.4, 0.5) is 5.13 Å². The fourth-order valence-electron chi connectivity index (χ4n) is 1.59. The second-order valence-electron chi connectivity index (χ2n) is 3.93. The van der Waals surface area contributed by atoms with E-state index in [0.717, 1.165) is 16.4 Å². The smallest absolute Gasteiger partial charge is 0.203 e. The fourth-order valence-corrected chi connectivity index (χ4v) is 2.39. The largest absolute Gasteiger partial charge is 0.463 e. The number of hydrogen-bond acceptors (Lipinski definition) is 5. The molecule has 20 heavy (non-hydrogen) atoms. The van der Waals surface area contributed by atoms with Crippen LogP contribution in [0.2, 0.25) is 5.02 Å². The van der Waals surface area contributed by atoms with Gasteiger partial charge in [-0.2, -0.15) is 5.10 Å². The molecule has 0 saturated heterocycles. The number of furan rings is 1.